The Kier molecular flexibility index (Phi) is 3.82. The Morgan fingerprint density at radius 2 is 1.53 bits per heavy atom. The van der Waals surface area contributed by atoms with Crippen molar-refractivity contribution in [3.63, 3.8) is 0 Å². The van der Waals surface area contributed by atoms with Crippen LogP contribution in [0.3, 0.4) is 0 Å². The molecule has 2 N–H and O–H groups in total. The van der Waals surface area contributed by atoms with E-state index in [0.29, 0.717) is 12.8 Å². The van der Waals surface area contributed by atoms with Crippen molar-refractivity contribution in [2.75, 3.05) is 0 Å². The van der Waals surface area contributed by atoms with Gasteiger partial charge >= 0.3 is 11.9 Å². The van der Waals surface area contributed by atoms with E-state index in [9.17, 15) is 14.4 Å². The van der Waals surface area contributed by atoms with Crippen LogP contribution in [0.1, 0.15) is 32.1 Å². The van der Waals surface area contributed by atoms with Gasteiger partial charge in [-0.25, -0.2) is 4.79 Å². The van der Waals surface area contributed by atoms with Crippen LogP contribution in [0, 0.1) is 11.8 Å². The highest BCUT2D eigenvalue weighted by molar-refractivity contribution is 6.37. The maximum atomic E-state index is 11.2. The third-order valence-corrected chi connectivity index (χ3v) is 2.88. The second-order valence-corrected chi connectivity index (χ2v) is 3.88. The fourth-order valence-corrected chi connectivity index (χ4v) is 2.13. The number of hydrogen-bond donors (Lipinski definition) is 2. The lowest BCUT2D eigenvalue weighted by atomic mass is 9.78. The molecule has 0 amide bonds. The number of aliphatic carboxylic acids is 2. The smallest absolute Gasteiger partial charge is 0.373 e. The molecule has 0 aromatic heterocycles. The Hall–Kier alpha value is -1.39. The van der Waals surface area contributed by atoms with Gasteiger partial charge in [-0.2, -0.15) is 0 Å². The molecular weight excluding hydrogens is 200 g/mol. The minimum Gasteiger partial charge on any atom is -0.481 e. The largest absolute Gasteiger partial charge is 0.481 e. The zero-order valence-corrected chi connectivity index (χ0v) is 8.31. The van der Waals surface area contributed by atoms with Crippen molar-refractivity contribution in [3.05, 3.63) is 0 Å². The van der Waals surface area contributed by atoms with Crippen LogP contribution >= 0.6 is 0 Å². The first-order valence-corrected chi connectivity index (χ1v) is 5.04. The average molecular weight is 214 g/mol. The summed E-state index contributed by atoms with van der Waals surface area (Å²) in [7, 11) is 0. The number of hydrogen-bond acceptors (Lipinski definition) is 3. The topological polar surface area (TPSA) is 91.7 Å². The van der Waals surface area contributed by atoms with Gasteiger partial charge in [0.2, 0.25) is 0 Å². The van der Waals surface area contributed by atoms with Crippen LogP contribution in [0.25, 0.3) is 0 Å². The van der Waals surface area contributed by atoms with E-state index in [1.807, 2.05) is 0 Å². The maximum absolute atomic E-state index is 11.2. The lowest BCUT2D eigenvalue weighted by Crippen LogP contribution is -2.36. The number of Topliss-reactive ketones (excluding diaryl/α,β-unsaturated/α-hetero) is 1. The van der Waals surface area contributed by atoms with Gasteiger partial charge in [0.25, 0.3) is 5.78 Å². The first kappa shape index (κ1) is 11.7. The molecule has 1 aliphatic carbocycles. The third-order valence-electron chi connectivity index (χ3n) is 2.88. The first-order chi connectivity index (χ1) is 7.04. The molecule has 1 fully saturated rings. The Morgan fingerprint density at radius 3 is 1.93 bits per heavy atom. The van der Waals surface area contributed by atoms with E-state index in [1.165, 1.54) is 0 Å². The molecule has 0 saturated heterocycles. The van der Waals surface area contributed by atoms with Crippen LogP contribution in [-0.4, -0.2) is 27.9 Å². The van der Waals surface area contributed by atoms with Gasteiger partial charge in [0.15, 0.2) is 0 Å². The van der Waals surface area contributed by atoms with E-state index in [2.05, 4.69) is 0 Å². The lowest BCUT2D eigenvalue weighted by molar-refractivity contribution is -0.159. The first-order valence-electron chi connectivity index (χ1n) is 5.04. The molecule has 1 saturated carbocycles. The molecule has 0 heterocycles. The number of ketones is 1. The maximum Gasteiger partial charge on any atom is 0.373 e. The molecule has 0 spiro atoms. The van der Waals surface area contributed by atoms with Gasteiger partial charge in [-0.15, -0.1) is 0 Å². The van der Waals surface area contributed by atoms with Gasteiger partial charge in [0.05, 0.1) is 0 Å². The minimum absolute atomic E-state index is 0.306. The highest BCUT2D eigenvalue weighted by Crippen LogP contribution is 2.30. The zero-order chi connectivity index (χ0) is 11.4. The highest BCUT2D eigenvalue weighted by atomic mass is 16.4. The normalized spacial score (nSPS) is 19.5. The molecule has 0 radical (unpaired) electrons. The minimum atomic E-state index is -1.65. The van der Waals surface area contributed by atoms with Crippen LogP contribution in [0.4, 0.5) is 0 Å². The monoisotopic (exact) mass is 214 g/mol. The molecule has 0 aliphatic heterocycles. The predicted molar refractivity (Wildman–Crippen MR) is 50.3 cm³/mol. The third kappa shape index (κ3) is 2.78. The summed E-state index contributed by atoms with van der Waals surface area (Å²) in [6, 6.07) is 0. The van der Waals surface area contributed by atoms with Gasteiger partial charge in [-0.1, -0.05) is 19.3 Å². The molecule has 5 nitrogen and oxygen atoms in total. The van der Waals surface area contributed by atoms with E-state index in [1.54, 1.807) is 0 Å². The fourth-order valence-electron chi connectivity index (χ4n) is 2.13. The summed E-state index contributed by atoms with van der Waals surface area (Å²) < 4.78 is 0. The van der Waals surface area contributed by atoms with E-state index in [4.69, 9.17) is 10.2 Å². The van der Waals surface area contributed by atoms with Crippen molar-refractivity contribution >= 4 is 17.7 Å². The summed E-state index contributed by atoms with van der Waals surface area (Å²) in [6.45, 7) is 0. The summed E-state index contributed by atoms with van der Waals surface area (Å²) in [5, 5.41) is 17.4. The van der Waals surface area contributed by atoms with Gasteiger partial charge in [-0.3, -0.25) is 9.59 Å². The Balaban J connectivity index is 2.76. The molecular formula is C10H14O5. The van der Waals surface area contributed by atoms with Crippen molar-refractivity contribution in [2.45, 2.75) is 32.1 Å². The van der Waals surface area contributed by atoms with Crippen molar-refractivity contribution in [2.24, 2.45) is 11.8 Å². The van der Waals surface area contributed by atoms with Gasteiger partial charge in [-0.05, 0) is 18.8 Å². The molecule has 84 valence electrons. The molecule has 0 aromatic carbocycles. The van der Waals surface area contributed by atoms with Gasteiger partial charge in [0.1, 0.15) is 5.92 Å². The summed E-state index contributed by atoms with van der Waals surface area (Å²) in [4.78, 5) is 32.5. The number of carboxylic acid groups (broad SMARTS) is 2. The van der Waals surface area contributed by atoms with E-state index in [-0.39, 0.29) is 5.92 Å². The van der Waals surface area contributed by atoms with Crippen molar-refractivity contribution in [1.82, 2.24) is 0 Å². The van der Waals surface area contributed by atoms with E-state index in [0.717, 1.165) is 19.3 Å². The SMILES string of the molecule is O=C(O)C(=O)C(C(=O)O)C1CCCCC1. The molecule has 1 aliphatic rings. The average Bonchev–Trinajstić information content (AvgIpc) is 2.18. The zero-order valence-electron chi connectivity index (χ0n) is 8.31. The fraction of sp³-hybridized carbons (Fsp3) is 0.700. The predicted octanol–water partition coefficient (Wildman–Crippen LogP) is 0.921. The van der Waals surface area contributed by atoms with Crippen LogP contribution in [0.2, 0.25) is 0 Å². The number of carboxylic acids is 2. The van der Waals surface area contributed by atoms with Crippen LogP contribution in [-0.2, 0) is 14.4 Å². The Morgan fingerprint density at radius 1 is 1.00 bits per heavy atom. The summed E-state index contributed by atoms with van der Waals surface area (Å²) in [6.07, 6.45) is 4.05. The number of carbonyl (C=O) groups is 3. The van der Waals surface area contributed by atoms with Crippen LogP contribution in [0.5, 0.6) is 0 Å². The second kappa shape index (κ2) is 4.91. The highest BCUT2D eigenvalue weighted by Gasteiger charge is 2.38. The Labute approximate surface area is 87.1 Å². The molecule has 1 rings (SSSR count). The quantitative estimate of drug-likeness (QED) is 0.536. The molecule has 1 unspecified atom stereocenters. The summed E-state index contributed by atoms with van der Waals surface area (Å²) in [5.41, 5.74) is 0. The van der Waals surface area contributed by atoms with Gasteiger partial charge in [0, 0.05) is 0 Å². The molecule has 0 bridgehead atoms. The van der Waals surface area contributed by atoms with Crippen molar-refractivity contribution in [3.8, 4) is 0 Å². The second-order valence-electron chi connectivity index (χ2n) is 3.88. The molecule has 5 heteroatoms. The lowest BCUT2D eigenvalue weighted by Gasteiger charge is -2.25. The van der Waals surface area contributed by atoms with Crippen LogP contribution < -0.4 is 0 Å². The van der Waals surface area contributed by atoms with Crippen LogP contribution in [0.15, 0.2) is 0 Å². The summed E-state index contributed by atoms with van der Waals surface area (Å²) in [5.74, 6) is -5.81. The van der Waals surface area contributed by atoms with E-state index < -0.39 is 23.6 Å². The Bertz CT molecular complexity index is 278. The van der Waals surface area contributed by atoms with Gasteiger partial charge < -0.3 is 10.2 Å². The molecule has 15 heavy (non-hydrogen) atoms. The van der Waals surface area contributed by atoms with Crippen molar-refractivity contribution < 1.29 is 24.6 Å². The van der Waals surface area contributed by atoms with Crippen molar-refractivity contribution in [1.29, 1.82) is 0 Å². The number of rotatable bonds is 4. The summed E-state index contributed by atoms with van der Waals surface area (Å²) >= 11 is 0. The number of carbonyl (C=O) groups excluding carboxylic acids is 1. The standard InChI is InChI=1S/C10H14O5/c11-8(10(14)15)7(9(12)13)6-4-2-1-3-5-6/h6-7H,1-5H2,(H,12,13)(H,14,15). The van der Waals surface area contributed by atoms with E-state index >= 15 is 0 Å². The molecule has 1 atom stereocenters. The molecule has 0 aromatic rings.